The second-order valence-electron chi connectivity index (χ2n) is 4.51. The van der Waals surface area contributed by atoms with E-state index < -0.39 is 0 Å². The van der Waals surface area contributed by atoms with Crippen molar-refractivity contribution in [2.45, 2.75) is 19.8 Å². The summed E-state index contributed by atoms with van der Waals surface area (Å²) >= 11 is 1.88. The van der Waals surface area contributed by atoms with Crippen molar-refractivity contribution in [3.8, 4) is 0 Å². The first-order valence-electron chi connectivity index (χ1n) is 5.67. The van der Waals surface area contributed by atoms with Gasteiger partial charge >= 0.3 is 0 Å². The van der Waals surface area contributed by atoms with Crippen LogP contribution in [0.1, 0.15) is 25.3 Å². The van der Waals surface area contributed by atoms with E-state index in [1.54, 1.807) is 0 Å². The molecular formula is C15H14S. The third-order valence-electron chi connectivity index (χ3n) is 3.07. The molecule has 3 rings (SSSR count). The molecule has 0 aliphatic rings. The SMILES string of the molecule is CC(C)c1ccc2sc3ccccc3c2c1. The molecule has 0 radical (unpaired) electrons. The second-order valence-corrected chi connectivity index (χ2v) is 5.59. The van der Waals surface area contributed by atoms with Crippen molar-refractivity contribution in [1.29, 1.82) is 0 Å². The maximum Gasteiger partial charge on any atom is 0.0355 e. The van der Waals surface area contributed by atoms with Crippen LogP contribution in [0, 0.1) is 0 Å². The fraction of sp³-hybridized carbons (Fsp3) is 0.200. The normalized spacial score (nSPS) is 11.7. The molecule has 1 heterocycles. The van der Waals surface area contributed by atoms with Gasteiger partial charge in [0.15, 0.2) is 0 Å². The van der Waals surface area contributed by atoms with Crippen molar-refractivity contribution in [3.05, 3.63) is 48.0 Å². The van der Waals surface area contributed by atoms with E-state index >= 15 is 0 Å². The van der Waals surface area contributed by atoms with Gasteiger partial charge in [0.05, 0.1) is 0 Å². The van der Waals surface area contributed by atoms with Crippen LogP contribution in [0.2, 0.25) is 0 Å². The number of hydrogen-bond acceptors (Lipinski definition) is 1. The van der Waals surface area contributed by atoms with Crippen LogP contribution in [-0.4, -0.2) is 0 Å². The van der Waals surface area contributed by atoms with Gasteiger partial charge in [-0.05, 0) is 29.7 Å². The van der Waals surface area contributed by atoms with Gasteiger partial charge in [-0.2, -0.15) is 0 Å². The highest BCUT2D eigenvalue weighted by Crippen LogP contribution is 2.35. The van der Waals surface area contributed by atoms with Crippen LogP contribution in [0.5, 0.6) is 0 Å². The van der Waals surface area contributed by atoms with Gasteiger partial charge in [0.2, 0.25) is 0 Å². The summed E-state index contributed by atoms with van der Waals surface area (Å²) in [5.74, 6) is 0.600. The summed E-state index contributed by atoms with van der Waals surface area (Å²) in [5.41, 5.74) is 1.43. The fourth-order valence-corrected chi connectivity index (χ4v) is 3.19. The van der Waals surface area contributed by atoms with E-state index in [9.17, 15) is 0 Å². The lowest BCUT2D eigenvalue weighted by Gasteiger charge is -2.04. The predicted molar refractivity (Wildman–Crippen MR) is 73.4 cm³/mol. The minimum atomic E-state index is 0.600. The number of thiophene rings is 1. The summed E-state index contributed by atoms with van der Waals surface area (Å²) in [6.45, 7) is 4.49. The van der Waals surface area contributed by atoms with Crippen LogP contribution in [0.4, 0.5) is 0 Å². The van der Waals surface area contributed by atoms with Crippen molar-refractivity contribution in [3.63, 3.8) is 0 Å². The molecule has 0 saturated heterocycles. The summed E-state index contributed by atoms with van der Waals surface area (Å²) < 4.78 is 2.78. The van der Waals surface area contributed by atoms with E-state index in [4.69, 9.17) is 0 Å². The van der Waals surface area contributed by atoms with Crippen LogP contribution in [0.15, 0.2) is 42.5 Å². The second kappa shape index (κ2) is 3.60. The van der Waals surface area contributed by atoms with E-state index in [0.717, 1.165) is 0 Å². The molecule has 0 nitrogen and oxygen atoms in total. The molecule has 0 saturated carbocycles. The highest BCUT2D eigenvalue weighted by atomic mass is 32.1. The summed E-state index contributed by atoms with van der Waals surface area (Å²) in [6.07, 6.45) is 0. The van der Waals surface area contributed by atoms with E-state index in [-0.39, 0.29) is 0 Å². The minimum Gasteiger partial charge on any atom is -0.135 e. The molecule has 1 aromatic heterocycles. The third kappa shape index (κ3) is 1.43. The van der Waals surface area contributed by atoms with Gasteiger partial charge in [0.1, 0.15) is 0 Å². The van der Waals surface area contributed by atoms with Crippen molar-refractivity contribution >= 4 is 31.5 Å². The lowest BCUT2D eigenvalue weighted by Crippen LogP contribution is -1.84. The highest BCUT2D eigenvalue weighted by Gasteiger charge is 2.06. The molecule has 0 amide bonds. The first-order chi connectivity index (χ1) is 7.75. The maximum atomic E-state index is 2.35. The van der Waals surface area contributed by atoms with Crippen LogP contribution >= 0.6 is 11.3 Å². The Balaban J connectivity index is 2.40. The summed E-state index contributed by atoms with van der Waals surface area (Å²) in [5, 5.41) is 2.80. The van der Waals surface area contributed by atoms with E-state index in [1.165, 1.54) is 25.7 Å². The number of hydrogen-bond donors (Lipinski definition) is 0. The standard InChI is InChI=1S/C15H14S/c1-10(2)11-7-8-15-13(9-11)12-5-3-4-6-14(12)16-15/h3-10H,1-2H3. The molecule has 0 atom stereocenters. The van der Waals surface area contributed by atoms with Crippen molar-refractivity contribution in [1.82, 2.24) is 0 Å². The van der Waals surface area contributed by atoms with Crippen molar-refractivity contribution in [2.75, 3.05) is 0 Å². The molecule has 16 heavy (non-hydrogen) atoms. The van der Waals surface area contributed by atoms with Gasteiger partial charge in [-0.15, -0.1) is 11.3 Å². The first-order valence-corrected chi connectivity index (χ1v) is 6.48. The Kier molecular flexibility index (Phi) is 2.22. The molecule has 0 fully saturated rings. The molecule has 1 heteroatoms. The number of benzene rings is 2. The zero-order valence-electron chi connectivity index (χ0n) is 9.53. The van der Waals surface area contributed by atoms with E-state index in [2.05, 4.69) is 56.3 Å². The molecule has 80 valence electrons. The molecule has 0 unspecified atom stereocenters. The quantitative estimate of drug-likeness (QED) is 0.536. The molecule has 3 aromatic rings. The maximum absolute atomic E-state index is 2.35. The van der Waals surface area contributed by atoms with Crippen molar-refractivity contribution in [2.24, 2.45) is 0 Å². The molecule has 0 aliphatic heterocycles. The number of fused-ring (bicyclic) bond motifs is 3. The summed E-state index contributed by atoms with van der Waals surface area (Å²) in [7, 11) is 0. The Morgan fingerprint density at radius 3 is 2.44 bits per heavy atom. The zero-order chi connectivity index (χ0) is 11.1. The van der Waals surface area contributed by atoms with Gasteiger partial charge in [-0.1, -0.05) is 38.1 Å². The Morgan fingerprint density at radius 1 is 0.875 bits per heavy atom. The first kappa shape index (κ1) is 9.86. The van der Waals surface area contributed by atoms with E-state index in [0.29, 0.717) is 5.92 Å². The van der Waals surface area contributed by atoms with E-state index in [1.807, 2.05) is 11.3 Å². The molecule has 2 aromatic carbocycles. The Hall–Kier alpha value is -1.34. The highest BCUT2D eigenvalue weighted by molar-refractivity contribution is 7.25. The summed E-state index contributed by atoms with van der Waals surface area (Å²) in [6, 6.07) is 15.5. The average Bonchev–Trinajstić information content (AvgIpc) is 2.66. The lowest BCUT2D eigenvalue weighted by atomic mass is 10.0. The van der Waals surface area contributed by atoms with Crippen LogP contribution < -0.4 is 0 Å². The monoisotopic (exact) mass is 226 g/mol. The molecule has 0 bridgehead atoms. The Morgan fingerprint density at radius 2 is 1.62 bits per heavy atom. The van der Waals surface area contributed by atoms with Gasteiger partial charge < -0.3 is 0 Å². The largest absolute Gasteiger partial charge is 0.135 e. The molecule has 0 N–H and O–H groups in total. The Bertz CT molecular complexity index is 647. The molecular weight excluding hydrogens is 212 g/mol. The van der Waals surface area contributed by atoms with Gasteiger partial charge in [0.25, 0.3) is 0 Å². The smallest absolute Gasteiger partial charge is 0.0355 e. The lowest BCUT2D eigenvalue weighted by molar-refractivity contribution is 0.869. The van der Waals surface area contributed by atoms with Gasteiger partial charge in [-0.3, -0.25) is 0 Å². The van der Waals surface area contributed by atoms with Crippen LogP contribution in [0.25, 0.3) is 20.2 Å². The van der Waals surface area contributed by atoms with Gasteiger partial charge in [0, 0.05) is 20.2 Å². The fourth-order valence-electron chi connectivity index (χ4n) is 2.10. The predicted octanol–water partition coefficient (Wildman–Crippen LogP) is 5.18. The van der Waals surface area contributed by atoms with Crippen molar-refractivity contribution < 1.29 is 0 Å². The van der Waals surface area contributed by atoms with Crippen LogP contribution in [0.3, 0.4) is 0 Å². The number of rotatable bonds is 1. The Labute approximate surface area is 99.5 Å². The van der Waals surface area contributed by atoms with Gasteiger partial charge in [-0.25, -0.2) is 0 Å². The molecule has 0 aliphatic carbocycles. The van der Waals surface area contributed by atoms with Crippen LogP contribution in [-0.2, 0) is 0 Å². The molecule has 0 spiro atoms. The minimum absolute atomic E-state index is 0.600. The average molecular weight is 226 g/mol. The zero-order valence-corrected chi connectivity index (χ0v) is 10.3. The summed E-state index contributed by atoms with van der Waals surface area (Å²) in [4.78, 5) is 0. The topological polar surface area (TPSA) is 0 Å². The third-order valence-corrected chi connectivity index (χ3v) is 4.22.